The lowest BCUT2D eigenvalue weighted by atomic mass is 9.93. The Kier molecular flexibility index (Phi) is 3.10. The van der Waals surface area contributed by atoms with Gasteiger partial charge in [-0.25, -0.2) is 4.39 Å². The fourth-order valence-electron chi connectivity index (χ4n) is 2.85. The van der Waals surface area contributed by atoms with Crippen molar-refractivity contribution in [3.63, 3.8) is 0 Å². The van der Waals surface area contributed by atoms with Crippen molar-refractivity contribution in [1.82, 2.24) is 5.32 Å². The third kappa shape index (κ3) is 1.89. The second kappa shape index (κ2) is 4.10. The first-order valence-electron chi connectivity index (χ1n) is 5.51. The molecule has 1 aromatic carbocycles. The maximum Gasteiger partial charge on any atom is 0.416 e. The minimum absolute atomic E-state index is 0. The van der Waals surface area contributed by atoms with Gasteiger partial charge in [0.15, 0.2) is 0 Å². The van der Waals surface area contributed by atoms with Crippen LogP contribution in [0.15, 0.2) is 18.2 Å². The fraction of sp³-hybridized carbons (Fsp3) is 0.500. The first-order chi connectivity index (χ1) is 7.93. The van der Waals surface area contributed by atoms with Gasteiger partial charge in [-0.15, -0.1) is 12.4 Å². The Morgan fingerprint density at radius 1 is 1.28 bits per heavy atom. The average Bonchev–Trinajstić information content (AvgIpc) is 2.80. The van der Waals surface area contributed by atoms with Crippen LogP contribution < -0.4 is 5.32 Å². The van der Waals surface area contributed by atoms with E-state index >= 15 is 0 Å². The summed E-state index contributed by atoms with van der Waals surface area (Å²) < 4.78 is 51.0. The maximum atomic E-state index is 13.8. The lowest BCUT2D eigenvalue weighted by Crippen LogP contribution is -2.20. The summed E-state index contributed by atoms with van der Waals surface area (Å²) in [5, 5.41) is 3.14. The van der Waals surface area contributed by atoms with Crippen LogP contribution in [0.2, 0.25) is 0 Å². The lowest BCUT2D eigenvalue weighted by molar-refractivity contribution is -0.137. The number of halogens is 5. The topological polar surface area (TPSA) is 12.0 Å². The van der Waals surface area contributed by atoms with Crippen molar-refractivity contribution < 1.29 is 17.6 Å². The quantitative estimate of drug-likeness (QED) is 0.780. The highest BCUT2D eigenvalue weighted by Crippen LogP contribution is 2.57. The number of hydrogen-bond donors (Lipinski definition) is 1. The lowest BCUT2D eigenvalue weighted by Gasteiger charge is -2.15. The number of fused-ring (bicyclic) bond motifs is 1. The Bertz CT molecular complexity index is 474. The molecular weight excluding hydrogens is 270 g/mol. The third-order valence-electron chi connectivity index (χ3n) is 3.90. The molecule has 6 heteroatoms. The van der Waals surface area contributed by atoms with Gasteiger partial charge in [0.05, 0.1) is 5.56 Å². The van der Waals surface area contributed by atoms with Crippen LogP contribution in [0, 0.1) is 11.7 Å². The molecule has 1 heterocycles. The first-order valence-corrected chi connectivity index (χ1v) is 5.51. The summed E-state index contributed by atoms with van der Waals surface area (Å²) in [6, 6.07) is 2.88. The molecule has 3 rings (SSSR count). The van der Waals surface area contributed by atoms with Gasteiger partial charge in [0, 0.05) is 12.0 Å². The summed E-state index contributed by atoms with van der Waals surface area (Å²) >= 11 is 0. The molecule has 1 aliphatic carbocycles. The van der Waals surface area contributed by atoms with Gasteiger partial charge >= 0.3 is 6.18 Å². The van der Waals surface area contributed by atoms with E-state index in [-0.39, 0.29) is 17.8 Å². The molecule has 2 aliphatic rings. The Morgan fingerprint density at radius 2 is 2.00 bits per heavy atom. The van der Waals surface area contributed by atoms with Crippen molar-refractivity contribution in [2.75, 3.05) is 13.1 Å². The largest absolute Gasteiger partial charge is 0.416 e. The third-order valence-corrected chi connectivity index (χ3v) is 3.90. The van der Waals surface area contributed by atoms with Crippen molar-refractivity contribution in [1.29, 1.82) is 0 Å². The summed E-state index contributed by atoms with van der Waals surface area (Å²) in [7, 11) is 0. The first kappa shape index (κ1) is 13.6. The monoisotopic (exact) mass is 281 g/mol. The standard InChI is InChI=1S/C12H11F4N.ClH/c13-10-3-7(12(14,15)16)1-2-9(10)11-4-8(11)5-17-6-11;/h1-3,8,17H,4-6H2;1H. The van der Waals surface area contributed by atoms with E-state index in [9.17, 15) is 17.6 Å². The van der Waals surface area contributed by atoms with E-state index in [2.05, 4.69) is 5.32 Å². The van der Waals surface area contributed by atoms with E-state index in [4.69, 9.17) is 0 Å². The van der Waals surface area contributed by atoms with Crippen molar-refractivity contribution in [2.45, 2.75) is 18.0 Å². The van der Waals surface area contributed by atoms with Crippen molar-refractivity contribution in [3.05, 3.63) is 35.1 Å². The van der Waals surface area contributed by atoms with Crippen molar-refractivity contribution in [3.8, 4) is 0 Å². The zero-order chi connectivity index (χ0) is 12.3. The van der Waals surface area contributed by atoms with Gasteiger partial charge in [-0.1, -0.05) is 6.07 Å². The Hall–Kier alpha value is -0.810. The summed E-state index contributed by atoms with van der Waals surface area (Å²) in [5.74, 6) is -0.347. The number of benzene rings is 1. The average molecular weight is 282 g/mol. The van der Waals surface area contributed by atoms with E-state index in [0.717, 1.165) is 19.0 Å². The van der Waals surface area contributed by atoms with E-state index in [1.165, 1.54) is 6.07 Å². The van der Waals surface area contributed by atoms with Crippen LogP contribution in [0.1, 0.15) is 17.5 Å². The number of nitrogens with one attached hydrogen (secondary N) is 1. The molecule has 100 valence electrons. The number of alkyl halides is 3. The number of rotatable bonds is 1. The van der Waals surface area contributed by atoms with Crippen molar-refractivity contribution in [2.24, 2.45) is 5.92 Å². The van der Waals surface area contributed by atoms with Gasteiger partial charge in [-0.3, -0.25) is 0 Å². The SMILES string of the molecule is Cl.Fc1cc(C(F)(F)F)ccc1C12CNCC1C2. The van der Waals surface area contributed by atoms with Gasteiger partial charge in [-0.05, 0) is 36.6 Å². The molecule has 1 saturated heterocycles. The molecular formula is C12H12ClF4N. The maximum absolute atomic E-state index is 13.8. The summed E-state index contributed by atoms with van der Waals surface area (Å²) in [5.41, 5.74) is -0.729. The normalized spacial score (nSPS) is 29.7. The molecule has 0 amide bonds. The van der Waals surface area contributed by atoms with Gasteiger partial charge < -0.3 is 5.32 Å². The van der Waals surface area contributed by atoms with E-state index in [0.29, 0.717) is 24.1 Å². The van der Waals surface area contributed by atoms with Crippen LogP contribution in [0.25, 0.3) is 0 Å². The van der Waals surface area contributed by atoms with Gasteiger partial charge in [0.1, 0.15) is 5.82 Å². The highest BCUT2D eigenvalue weighted by molar-refractivity contribution is 5.85. The highest BCUT2D eigenvalue weighted by atomic mass is 35.5. The van der Waals surface area contributed by atoms with Gasteiger partial charge in [0.2, 0.25) is 0 Å². The van der Waals surface area contributed by atoms with Crippen LogP contribution in [-0.2, 0) is 11.6 Å². The molecule has 0 bridgehead atoms. The Labute approximate surface area is 108 Å². The molecule has 1 N–H and O–H groups in total. The predicted octanol–water partition coefficient (Wildman–Crippen LogP) is 3.13. The molecule has 2 unspecified atom stereocenters. The summed E-state index contributed by atoms with van der Waals surface area (Å²) in [6.45, 7) is 1.50. The number of hydrogen-bond acceptors (Lipinski definition) is 1. The van der Waals surface area contributed by atoms with Crippen molar-refractivity contribution >= 4 is 12.4 Å². The smallest absolute Gasteiger partial charge is 0.316 e. The minimum Gasteiger partial charge on any atom is -0.316 e. The summed E-state index contributed by atoms with van der Waals surface area (Å²) in [4.78, 5) is 0. The van der Waals surface area contributed by atoms with Gasteiger partial charge in [-0.2, -0.15) is 13.2 Å². The van der Waals surface area contributed by atoms with Crippen LogP contribution in [0.3, 0.4) is 0 Å². The Morgan fingerprint density at radius 3 is 2.44 bits per heavy atom. The number of piperidine rings is 1. The second-order valence-corrected chi connectivity index (χ2v) is 4.88. The summed E-state index contributed by atoms with van der Waals surface area (Å²) in [6.07, 6.45) is -3.60. The minimum atomic E-state index is -4.48. The van der Waals surface area contributed by atoms with E-state index < -0.39 is 17.6 Å². The predicted molar refractivity (Wildman–Crippen MR) is 61.3 cm³/mol. The molecule has 1 aliphatic heterocycles. The molecule has 1 nitrogen and oxygen atoms in total. The van der Waals surface area contributed by atoms with E-state index in [1.54, 1.807) is 0 Å². The second-order valence-electron chi connectivity index (χ2n) is 4.88. The van der Waals surface area contributed by atoms with E-state index in [1.807, 2.05) is 0 Å². The van der Waals surface area contributed by atoms with Crippen LogP contribution in [0.5, 0.6) is 0 Å². The molecule has 1 saturated carbocycles. The molecule has 18 heavy (non-hydrogen) atoms. The molecule has 2 atom stereocenters. The molecule has 2 fully saturated rings. The molecule has 0 aromatic heterocycles. The Balaban J connectivity index is 0.00000120. The van der Waals surface area contributed by atoms with Crippen LogP contribution in [-0.4, -0.2) is 13.1 Å². The molecule has 0 radical (unpaired) electrons. The molecule has 0 spiro atoms. The zero-order valence-electron chi connectivity index (χ0n) is 9.35. The fourth-order valence-corrected chi connectivity index (χ4v) is 2.85. The van der Waals surface area contributed by atoms with Crippen LogP contribution >= 0.6 is 12.4 Å². The highest BCUT2D eigenvalue weighted by Gasteiger charge is 2.59. The van der Waals surface area contributed by atoms with Crippen LogP contribution in [0.4, 0.5) is 17.6 Å². The van der Waals surface area contributed by atoms with Gasteiger partial charge in [0.25, 0.3) is 0 Å². The zero-order valence-corrected chi connectivity index (χ0v) is 10.2. The molecule has 1 aromatic rings.